The molecule has 4 N–H and O–H groups in total. The first kappa shape index (κ1) is 45.9. The maximum absolute atomic E-state index is 14.0. The second-order valence-electron chi connectivity index (χ2n) is 18.5. The van der Waals surface area contributed by atoms with Crippen molar-refractivity contribution in [2.45, 2.75) is 90.0 Å². The zero-order valence-electron chi connectivity index (χ0n) is 38.5. The number of hydrogen-bond donors (Lipinski definition) is 4. The van der Waals surface area contributed by atoms with Crippen LogP contribution in [0.25, 0.3) is 17.3 Å². The van der Waals surface area contributed by atoms with Crippen LogP contribution in [0.4, 0.5) is 28.7 Å². The van der Waals surface area contributed by atoms with E-state index >= 15 is 0 Å². The van der Waals surface area contributed by atoms with Crippen LogP contribution < -0.4 is 30.9 Å². The lowest BCUT2D eigenvalue weighted by atomic mass is 9.92. The lowest BCUT2D eigenvalue weighted by Crippen LogP contribution is -2.57. The van der Waals surface area contributed by atoms with E-state index in [0.717, 1.165) is 93.9 Å². The molecule has 0 unspecified atom stereocenters. The number of carbonyl (C=O) groups is 3. The van der Waals surface area contributed by atoms with Gasteiger partial charge in [-0.2, -0.15) is 0 Å². The topological polar surface area (TPSA) is 189 Å². The maximum Gasteiger partial charge on any atom is 0.293 e. The summed E-state index contributed by atoms with van der Waals surface area (Å²) in [5.41, 5.74) is 6.41. The molecule has 16 nitrogen and oxygen atoms in total. The number of aliphatic hydroxyl groups excluding tert-OH is 1. The van der Waals surface area contributed by atoms with Gasteiger partial charge in [0.25, 0.3) is 11.5 Å². The molecule has 350 valence electrons. The molecule has 1 atom stereocenters. The highest BCUT2D eigenvalue weighted by atomic mass is 32.1. The Kier molecular flexibility index (Phi) is 13.1. The Hall–Kier alpha value is -6.27. The first-order valence-electron chi connectivity index (χ1n) is 23.2. The van der Waals surface area contributed by atoms with Gasteiger partial charge < -0.3 is 29.9 Å². The molecule has 1 aromatic carbocycles. The van der Waals surface area contributed by atoms with Crippen molar-refractivity contribution in [2.75, 3.05) is 59.3 Å². The number of anilines is 5. The van der Waals surface area contributed by atoms with Crippen molar-refractivity contribution >= 4 is 64.3 Å². The molecule has 2 saturated heterocycles. The number of carbonyl (C=O) groups excluding carboxylic acids is 3. The first-order chi connectivity index (χ1) is 32.3. The molecule has 67 heavy (non-hydrogen) atoms. The second-order valence-corrected chi connectivity index (χ2v) is 19.6. The molecule has 0 radical (unpaired) electrons. The van der Waals surface area contributed by atoms with Gasteiger partial charge in [0.1, 0.15) is 11.4 Å². The Bertz CT molecular complexity index is 2790. The molecular formula is C50H58N10O6S. The Morgan fingerprint density at radius 1 is 0.970 bits per heavy atom. The zero-order valence-corrected chi connectivity index (χ0v) is 39.3. The SMILES string of the molecule is C[C@H]1CN(C2CCN(c3ccnc(C(C)(C)O)c3)CC2)CCN1c1ccc(Nc2nc(-c3ccnc(N4CCc5c(sc6c5CCCC6)C4=O)c3CO)cn(C)c2=O)cc1C=CC(=O)NC=O. The summed E-state index contributed by atoms with van der Waals surface area (Å²) in [6.45, 7) is 10.0. The smallest absolute Gasteiger partial charge is 0.293 e. The maximum atomic E-state index is 14.0. The lowest BCUT2D eigenvalue weighted by molar-refractivity contribution is -0.121. The molecule has 4 aromatic heterocycles. The van der Waals surface area contributed by atoms with Crippen LogP contribution in [-0.4, -0.2) is 104 Å². The highest BCUT2D eigenvalue weighted by Gasteiger charge is 2.35. The van der Waals surface area contributed by atoms with Gasteiger partial charge in [-0.15, -0.1) is 11.3 Å². The molecule has 1 aliphatic carbocycles. The summed E-state index contributed by atoms with van der Waals surface area (Å²) in [4.78, 5) is 76.1. The highest BCUT2D eigenvalue weighted by Crippen LogP contribution is 2.40. The third-order valence-electron chi connectivity index (χ3n) is 13.7. The van der Waals surface area contributed by atoms with Crippen LogP contribution in [0.3, 0.4) is 0 Å². The predicted octanol–water partition coefficient (Wildman–Crippen LogP) is 5.31. The average Bonchev–Trinajstić information content (AvgIpc) is 3.72. The number of hydrogen-bond acceptors (Lipinski definition) is 14. The van der Waals surface area contributed by atoms with Crippen LogP contribution in [-0.2, 0) is 48.1 Å². The fourth-order valence-electron chi connectivity index (χ4n) is 10.2. The van der Waals surface area contributed by atoms with E-state index in [1.165, 1.54) is 26.6 Å². The number of fused-ring (bicyclic) bond motifs is 3. The quantitative estimate of drug-likeness (QED) is 0.0932. The van der Waals surface area contributed by atoms with Crippen molar-refractivity contribution in [1.82, 2.24) is 29.7 Å². The van der Waals surface area contributed by atoms with Crippen LogP contribution in [0.2, 0.25) is 0 Å². The van der Waals surface area contributed by atoms with Crippen molar-refractivity contribution in [3.8, 4) is 11.3 Å². The minimum Gasteiger partial charge on any atom is -0.392 e. The monoisotopic (exact) mass is 926 g/mol. The largest absolute Gasteiger partial charge is 0.392 e. The van der Waals surface area contributed by atoms with Gasteiger partial charge in [0, 0.05) is 122 Å². The molecule has 0 spiro atoms. The molecule has 9 rings (SSSR count). The third-order valence-corrected chi connectivity index (χ3v) is 15.0. The lowest BCUT2D eigenvalue weighted by Gasteiger charge is -2.47. The fourth-order valence-corrected chi connectivity index (χ4v) is 11.6. The molecule has 7 heterocycles. The molecule has 4 aliphatic rings. The molecule has 3 aliphatic heterocycles. The van der Waals surface area contributed by atoms with Crippen molar-refractivity contribution in [3.63, 3.8) is 0 Å². The van der Waals surface area contributed by atoms with Crippen LogP contribution in [0, 0.1) is 0 Å². The molecule has 0 bridgehead atoms. The van der Waals surface area contributed by atoms with E-state index in [0.29, 0.717) is 58.6 Å². The van der Waals surface area contributed by atoms with Crippen LogP contribution >= 0.6 is 11.3 Å². The van der Waals surface area contributed by atoms with Crippen molar-refractivity contribution in [3.05, 3.63) is 109 Å². The number of rotatable bonds is 12. The molecular weight excluding hydrogens is 869 g/mol. The number of piperidine rings is 1. The number of aromatic nitrogens is 4. The number of nitrogens with zero attached hydrogens (tertiary/aromatic N) is 8. The average molecular weight is 927 g/mol. The Labute approximate surface area is 394 Å². The summed E-state index contributed by atoms with van der Waals surface area (Å²) in [6.07, 6.45) is 15.4. The van der Waals surface area contributed by atoms with E-state index in [9.17, 15) is 29.4 Å². The number of imide groups is 1. The second kappa shape index (κ2) is 19.1. The van der Waals surface area contributed by atoms with Crippen molar-refractivity contribution in [2.24, 2.45) is 7.05 Å². The molecule has 17 heteroatoms. The van der Waals surface area contributed by atoms with E-state index in [1.54, 1.807) is 67.9 Å². The van der Waals surface area contributed by atoms with Crippen LogP contribution in [0.15, 0.2) is 65.9 Å². The third kappa shape index (κ3) is 9.37. The summed E-state index contributed by atoms with van der Waals surface area (Å²) in [5, 5.41) is 26.8. The summed E-state index contributed by atoms with van der Waals surface area (Å²) in [6, 6.07) is 12.0. The van der Waals surface area contributed by atoms with Gasteiger partial charge >= 0.3 is 0 Å². The molecule has 3 amide bonds. The number of benzene rings is 1. The number of piperazine rings is 1. The number of pyridine rings is 2. The van der Waals surface area contributed by atoms with E-state index in [-0.39, 0.29) is 23.3 Å². The van der Waals surface area contributed by atoms with E-state index in [4.69, 9.17) is 4.98 Å². The van der Waals surface area contributed by atoms with E-state index < -0.39 is 18.1 Å². The van der Waals surface area contributed by atoms with E-state index in [2.05, 4.69) is 42.2 Å². The summed E-state index contributed by atoms with van der Waals surface area (Å²) in [5.74, 6) is -0.250. The number of amides is 3. The summed E-state index contributed by atoms with van der Waals surface area (Å²) >= 11 is 1.60. The Morgan fingerprint density at radius 2 is 1.76 bits per heavy atom. The van der Waals surface area contributed by atoms with Gasteiger partial charge in [-0.1, -0.05) is 0 Å². The Balaban J connectivity index is 0.936. The number of aliphatic hydroxyl groups is 2. The number of thiophene rings is 1. The van der Waals surface area contributed by atoms with Crippen LogP contribution in [0.1, 0.15) is 89.0 Å². The fraction of sp³-hybridized carbons (Fsp3) is 0.420. The summed E-state index contributed by atoms with van der Waals surface area (Å²) in [7, 11) is 1.64. The van der Waals surface area contributed by atoms with Gasteiger partial charge in [-0.05, 0) is 119 Å². The van der Waals surface area contributed by atoms with Gasteiger partial charge in [0.15, 0.2) is 5.82 Å². The van der Waals surface area contributed by atoms with E-state index in [1.807, 2.05) is 30.3 Å². The number of aryl methyl sites for hydroxylation is 2. The number of nitrogens with one attached hydrogen (secondary N) is 2. The van der Waals surface area contributed by atoms with Crippen molar-refractivity contribution < 1.29 is 24.6 Å². The van der Waals surface area contributed by atoms with Gasteiger partial charge in [-0.3, -0.25) is 39.3 Å². The minimum absolute atomic E-state index is 0.0427. The predicted molar refractivity (Wildman–Crippen MR) is 261 cm³/mol. The minimum atomic E-state index is -1.01. The molecule has 2 fully saturated rings. The van der Waals surface area contributed by atoms with Crippen LogP contribution in [0.5, 0.6) is 0 Å². The normalized spacial score (nSPS) is 18.3. The standard InChI is InChI=1S/C50H58N10O6S/c1-31-27-58(34-15-20-57(21-16-34)35-13-18-51-43(26-35)50(2,3)66)23-24-59(31)41-11-10-33(25-32(41)9-12-44(63)53-30-62)54-46-49(65)56(4)28-40(55-46)36-14-19-52-47(39(36)29-61)60-22-17-38-37-7-5-6-8-42(37)67-45(38)48(60)64/h9-14,18-19,25-26,28,30-31,34,61,66H,5-8,15-17,20-24,27,29H2,1-4H3,(H,54,55)(H,53,62,63)/t31-/m0/s1. The first-order valence-corrected chi connectivity index (χ1v) is 24.0. The van der Waals surface area contributed by atoms with Gasteiger partial charge in [0.05, 0.1) is 22.9 Å². The molecule has 5 aromatic rings. The highest BCUT2D eigenvalue weighted by molar-refractivity contribution is 7.14. The summed E-state index contributed by atoms with van der Waals surface area (Å²) < 4.78 is 1.43. The van der Waals surface area contributed by atoms with Gasteiger partial charge in [0.2, 0.25) is 12.3 Å². The van der Waals surface area contributed by atoms with Gasteiger partial charge in [-0.25, -0.2) is 9.97 Å². The molecule has 0 saturated carbocycles. The van der Waals surface area contributed by atoms with Crippen molar-refractivity contribution in [1.29, 1.82) is 0 Å². The zero-order chi connectivity index (χ0) is 47.0. The Morgan fingerprint density at radius 3 is 2.52 bits per heavy atom.